The van der Waals surface area contributed by atoms with E-state index in [2.05, 4.69) is 4.99 Å². The van der Waals surface area contributed by atoms with Crippen molar-refractivity contribution in [3.8, 4) is 0 Å². The first-order chi connectivity index (χ1) is 8.08. The first-order valence-corrected chi connectivity index (χ1v) is 5.40. The van der Waals surface area contributed by atoms with Gasteiger partial charge in [0.05, 0.1) is 0 Å². The molecule has 0 saturated carbocycles. The number of hydrogen-bond acceptors (Lipinski definition) is 3. The number of hydrogen-bond donors (Lipinski definition) is 0. The highest BCUT2D eigenvalue weighted by Gasteiger charge is 2.23. The first kappa shape index (κ1) is 11.4. The number of amides is 1. The average Bonchev–Trinajstić information content (AvgIpc) is 2.61. The van der Waals surface area contributed by atoms with Gasteiger partial charge in [0, 0.05) is 26.0 Å². The fourth-order valence-corrected chi connectivity index (χ4v) is 1.61. The number of aryl methyl sites for hydroxylation is 1. The van der Waals surface area contributed by atoms with E-state index in [4.69, 9.17) is 0 Å². The van der Waals surface area contributed by atoms with Crippen molar-refractivity contribution in [1.82, 2.24) is 4.90 Å². The Morgan fingerprint density at radius 2 is 1.88 bits per heavy atom. The van der Waals surface area contributed by atoms with Crippen LogP contribution in [0.3, 0.4) is 0 Å². The highest BCUT2D eigenvalue weighted by atomic mass is 16.2. The van der Waals surface area contributed by atoms with E-state index in [-0.39, 0.29) is 5.91 Å². The Bertz CT molecular complexity index is 486. The maximum Gasteiger partial charge on any atom is 0.296 e. The summed E-state index contributed by atoms with van der Waals surface area (Å²) < 4.78 is 0. The molecular weight excluding hydrogens is 214 g/mol. The van der Waals surface area contributed by atoms with Crippen molar-refractivity contribution in [3.05, 3.63) is 41.7 Å². The third kappa shape index (κ3) is 2.36. The molecule has 1 aromatic rings. The molecule has 88 valence electrons. The standard InChI is InChI=1S/C13H15N3O/c1-10-4-6-11(7-5-10)16-9-14-13(17)12(16)8-15(2)3/h4-9H,1-3H3. The molecule has 0 spiro atoms. The quantitative estimate of drug-likeness (QED) is 0.725. The number of aliphatic imine (C=N–C) groups is 1. The summed E-state index contributed by atoms with van der Waals surface area (Å²) in [5.74, 6) is -0.209. The molecule has 17 heavy (non-hydrogen) atoms. The Kier molecular flexibility index (Phi) is 2.95. The van der Waals surface area contributed by atoms with Gasteiger partial charge < -0.3 is 4.90 Å². The summed E-state index contributed by atoms with van der Waals surface area (Å²) in [5.41, 5.74) is 2.70. The molecule has 1 heterocycles. The summed E-state index contributed by atoms with van der Waals surface area (Å²) in [6, 6.07) is 7.98. The van der Waals surface area contributed by atoms with E-state index < -0.39 is 0 Å². The summed E-state index contributed by atoms with van der Waals surface area (Å²) in [6.45, 7) is 2.03. The van der Waals surface area contributed by atoms with Crippen LogP contribution in [0.5, 0.6) is 0 Å². The average molecular weight is 229 g/mol. The van der Waals surface area contributed by atoms with Gasteiger partial charge in [0.1, 0.15) is 12.0 Å². The lowest BCUT2D eigenvalue weighted by Crippen LogP contribution is -2.20. The Balaban J connectivity index is 2.35. The molecule has 0 radical (unpaired) electrons. The molecule has 0 bridgehead atoms. The van der Waals surface area contributed by atoms with E-state index >= 15 is 0 Å². The zero-order valence-electron chi connectivity index (χ0n) is 10.2. The Hall–Kier alpha value is -2.10. The molecule has 0 unspecified atom stereocenters. The highest BCUT2D eigenvalue weighted by molar-refractivity contribution is 6.13. The van der Waals surface area contributed by atoms with Crippen LogP contribution in [0.25, 0.3) is 0 Å². The monoisotopic (exact) mass is 229 g/mol. The normalized spacial score (nSPS) is 17.0. The molecule has 1 aromatic carbocycles. The van der Waals surface area contributed by atoms with Crippen LogP contribution in [-0.2, 0) is 4.79 Å². The molecule has 0 fully saturated rings. The van der Waals surface area contributed by atoms with Gasteiger partial charge in [0.2, 0.25) is 0 Å². The Labute approximate surface area is 101 Å². The summed E-state index contributed by atoms with van der Waals surface area (Å²) in [6.07, 6.45) is 3.33. The lowest BCUT2D eigenvalue weighted by Gasteiger charge is -2.17. The minimum atomic E-state index is -0.209. The van der Waals surface area contributed by atoms with Gasteiger partial charge in [-0.2, -0.15) is 4.99 Å². The molecule has 0 aliphatic carbocycles. The van der Waals surface area contributed by atoms with E-state index in [0.717, 1.165) is 5.69 Å². The van der Waals surface area contributed by atoms with Gasteiger partial charge in [-0.15, -0.1) is 0 Å². The van der Waals surface area contributed by atoms with Crippen molar-refractivity contribution < 1.29 is 4.79 Å². The molecular formula is C13H15N3O. The largest absolute Gasteiger partial charge is 0.382 e. The smallest absolute Gasteiger partial charge is 0.296 e. The molecule has 4 heteroatoms. The molecule has 2 rings (SSSR count). The first-order valence-electron chi connectivity index (χ1n) is 5.40. The van der Waals surface area contributed by atoms with Gasteiger partial charge >= 0.3 is 0 Å². The molecule has 0 saturated heterocycles. The van der Waals surface area contributed by atoms with Crippen molar-refractivity contribution in [2.75, 3.05) is 19.0 Å². The Morgan fingerprint density at radius 3 is 2.47 bits per heavy atom. The van der Waals surface area contributed by atoms with Gasteiger partial charge in [-0.3, -0.25) is 9.69 Å². The fraction of sp³-hybridized carbons (Fsp3) is 0.231. The molecule has 1 amide bonds. The van der Waals surface area contributed by atoms with Crippen molar-refractivity contribution >= 4 is 17.9 Å². The second-order valence-electron chi connectivity index (χ2n) is 4.23. The molecule has 0 N–H and O–H groups in total. The minimum absolute atomic E-state index is 0.209. The van der Waals surface area contributed by atoms with Gasteiger partial charge in [-0.1, -0.05) is 17.7 Å². The van der Waals surface area contributed by atoms with Crippen LogP contribution in [0.15, 0.2) is 41.2 Å². The fourth-order valence-electron chi connectivity index (χ4n) is 1.61. The van der Waals surface area contributed by atoms with Crippen LogP contribution < -0.4 is 4.90 Å². The summed E-state index contributed by atoms with van der Waals surface area (Å²) >= 11 is 0. The lowest BCUT2D eigenvalue weighted by atomic mass is 10.2. The summed E-state index contributed by atoms with van der Waals surface area (Å²) in [5, 5.41) is 0. The second kappa shape index (κ2) is 4.41. The van der Waals surface area contributed by atoms with E-state index in [0.29, 0.717) is 5.70 Å². The number of carbonyl (C=O) groups excluding carboxylic acids is 1. The SMILES string of the molecule is Cc1ccc(N2C=NC(=O)C2=CN(C)C)cc1. The van der Waals surface area contributed by atoms with Crippen molar-refractivity contribution in [1.29, 1.82) is 0 Å². The Morgan fingerprint density at radius 1 is 1.24 bits per heavy atom. The van der Waals surface area contributed by atoms with Crippen LogP contribution in [0.2, 0.25) is 0 Å². The van der Waals surface area contributed by atoms with E-state index in [1.807, 2.05) is 50.2 Å². The van der Waals surface area contributed by atoms with E-state index in [1.54, 1.807) is 17.4 Å². The molecule has 4 nitrogen and oxygen atoms in total. The lowest BCUT2D eigenvalue weighted by molar-refractivity contribution is -0.114. The topological polar surface area (TPSA) is 35.9 Å². The number of nitrogens with zero attached hydrogens (tertiary/aromatic N) is 3. The van der Waals surface area contributed by atoms with Crippen LogP contribution in [0.4, 0.5) is 5.69 Å². The van der Waals surface area contributed by atoms with Gasteiger partial charge in [-0.25, -0.2) is 0 Å². The predicted molar refractivity (Wildman–Crippen MR) is 68.9 cm³/mol. The third-order valence-corrected chi connectivity index (χ3v) is 2.46. The second-order valence-corrected chi connectivity index (χ2v) is 4.23. The number of benzene rings is 1. The summed E-state index contributed by atoms with van der Waals surface area (Å²) in [4.78, 5) is 19.1. The summed E-state index contributed by atoms with van der Waals surface area (Å²) in [7, 11) is 3.76. The van der Waals surface area contributed by atoms with Gasteiger partial charge in [0.15, 0.2) is 0 Å². The number of carbonyl (C=O) groups is 1. The van der Waals surface area contributed by atoms with Crippen LogP contribution in [-0.4, -0.2) is 31.2 Å². The van der Waals surface area contributed by atoms with E-state index in [1.165, 1.54) is 5.56 Å². The van der Waals surface area contributed by atoms with Crippen LogP contribution >= 0.6 is 0 Å². The van der Waals surface area contributed by atoms with Crippen LogP contribution in [0.1, 0.15) is 5.56 Å². The molecule has 1 aliphatic rings. The molecule has 0 aromatic heterocycles. The van der Waals surface area contributed by atoms with E-state index in [9.17, 15) is 4.79 Å². The van der Waals surface area contributed by atoms with Crippen molar-refractivity contribution in [3.63, 3.8) is 0 Å². The van der Waals surface area contributed by atoms with Gasteiger partial charge in [-0.05, 0) is 19.1 Å². The van der Waals surface area contributed by atoms with Crippen molar-refractivity contribution in [2.45, 2.75) is 6.92 Å². The highest BCUT2D eigenvalue weighted by Crippen LogP contribution is 2.22. The number of anilines is 1. The number of rotatable bonds is 2. The maximum atomic E-state index is 11.6. The van der Waals surface area contributed by atoms with Crippen LogP contribution in [0, 0.1) is 6.92 Å². The predicted octanol–water partition coefficient (Wildman–Crippen LogP) is 1.77. The third-order valence-electron chi connectivity index (χ3n) is 2.46. The molecule has 1 aliphatic heterocycles. The van der Waals surface area contributed by atoms with Gasteiger partial charge in [0.25, 0.3) is 5.91 Å². The van der Waals surface area contributed by atoms with Crippen molar-refractivity contribution in [2.24, 2.45) is 4.99 Å². The molecule has 0 atom stereocenters. The minimum Gasteiger partial charge on any atom is -0.382 e. The maximum absolute atomic E-state index is 11.6. The zero-order valence-corrected chi connectivity index (χ0v) is 10.2. The zero-order chi connectivity index (χ0) is 12.4.